The molecule has 2 rings (SSSR count). The Balaban J connectivity index is 2.60. The second kappa shape index (κ2) is 7.45. The zero-order valence-electron chi connectivity index (χ0n) is 13.1. The van der Waals surface area contributed by atoms with Gasteiger partial charge in [-0.05, 0) is 11.1 Å². The molecule has 25 heavy (non-hydrogen) atoms. The molecule has 2 aromatic rings. The number of aromatic carboxylic acids is 2. The molecule has 1 aromatic heterocycles. The number of nitrogens with two attached hydrogens (primary N) is 1. The molecule has 0 saturated heterocycles. The normalized spacial score (nSPS) is 10.4. The van der Waals surface area contributed by atoms with Crippen molar-refractivity contribution in [2.45, 2.75) is 6.61 Å². The van der Waals surface area contributed by atoms with E-state index in [4.69, 9.17) is 10.5 Å². The molecule has 130 valence electrons. The van der Waals surface area contributed by atoms with Crippen LogP contribution < -0.4 is 11.3 Å². The summed E-state index contributed by atoms with van der Waals surface area (Å²) in [5, 5.41) is 18.7. The number of anilines is 1. The Bertz CT molecular complexity index is 883. The van der Waals surface area contributed by atoms with E-state index in [0.29, 0.717) is 13.2 Å². The van der Waals surface area contributed by atoms with Crippen LogP contribution in [0.1, 0.15) is 26.3 Å². The molecule has 0 amide bonds. The van der Waals surface area contributed by atoms with Crippen molar-refractivity contribution >= 4 is 17.8 Å². The van der Waals surface area contributed by atoms with Gasteiger partial charge in [0.15, 0.2) is 0 Å². The van der Waals surface area contributed by atoms with Gasteiger partial charge in [-0.1, -0.05) is 30.3 Å². The molecule has 0 atom stereocenters. The summed E-state index contributed by atoms with van der Waals surface area (Å²) in [4.78, 5) is 37.0. The Morgan fingerprint density at radius 1 is 1.16 bits per heavy atom. The minimum absolute atomic E-state index is 0.236. The number of rotatable bonds is 7. The second-order valence-corrected chi connectivity index (χ2v) is 5.10. The molecule has 0 fully saturated rings. The lowest BCUT2D eigenvalue weighted by Gasteiger charge is -2.12. The molecule has 1 heterocycles. The molecule has 0 aliphatic heterocycles. The maximum atomic E-state index is 12.0. The first-order valence-electron chi connectivity index (χ1n) is 7.17. The van der Waals surface area contributed by atoms with Crippen LogP contribution in [0.4, 0.5) is 5.82 Å². The number of aromatic amines is 1. The van der Waals surface area contributed by atoms with Crippen LogP contribution in [0.15, 0.2) is 41.7 Å². The maximum absolute atomic E-state index is 12.0. The number of benzene rings is 1. The van der Waals surface area contributed by atoms with Crippen LogP contribution >= 0.6 is 0 Å². The maximum Gasteiger partial charge on any atom is 0.342 e. The smallest absolute Gasteiger partial charge is 0.342 e. The van der Waals surface area contributed by atoms with Gasteiger partial charge in [-0.25, -0.2) is 9.59 Å². The lowest BCUT2D eigenvalue weighted by Crippen LogP contribution is -2.24. The summed E-state index contributed by atoms with van der Waals surface area (Å²) in [6.07, 6.45) is 1.60. The Morgan fingerprint density at radius 2 is 1.76 bits per heavy atom. The Labute approximate surface area is 142 Å². The molecule has 0 aliphatic rings. The van der Waals surface area contributed by atoms with Crippen LogP contribution in [-0.4, -0.2) is 33.7 Å². The number of H-pyrrole nitrogens is 1. The van der Waals surface area contributed by atoms with Crippen LogP contribution in [-0.2, 0) is 11.3 Å². The van der Waals surface area contributed by atoms with Crippen molar-refractivity contribution in [2.24, 2.45) is 0 Å². The number of ether oxygens (including phenoxy) is 1. The number of carboxylic acids is 2. The molecule has 0 bridgehead atoms. The number of carbonyl (C=O) groups is 2. The number of nitrogen functional groups attached to an aromatic ring is 1. The van der Waals surface area contributed by atoms with E-state index < -0.39 is 34.4 Å². The minimum Gasteiger partial charge on any atom is -0.478 e. The molecule has 1 aromatic carbocycles. The molecule has 0 saturated carbocycles. The fraction of sp³-hybridized carbons (Fsp3) is 0.118. The van der Waals surface area contributed by atoms with Gasteiger partial charge in [0.1, 0.15) is 16.9 Å². The van der Waals surface area contributed by atoms with Crippen LogP contribution in [0.3, 0.4) is 0 Å². The predicted octanol–water partition coefficient (Wildman–Crippen LogP) is 1.72. The highest BCUT2D eigenvalue weighted by atomic mass is 16.5. The monoisotopic (exact) mass is 344 g/mol. The highest BCUT2D eigenvalue weighted by molar-refractivity contribution is 6.07. The summed E-state index contributed by atoms with van der Waals surface area (Å²) < 4.78 is 5.30. The summed E-state index contributed by atoms with van der Waals surface area (Å²) in [5.74, 6) is -3.39. The van der Waals surface area contributed by atoms with Gasteiger partial charge in [-0.15, -0.1) is 6.58 Å². The molecule has 8 nitrogen and oxygen atoms in total. The van der Waals surface area contributed by atoms with Crippen molar-refractivity contribution in [3.8, 4) is 11.1 Å². The summed E-state index contributed by atoms with van der Waals surface area (Å²) in [6.45, 7) is 4.21. The van der Waals surface area contributed by atoms with Crippen molar-refractivity contribution in [1.82, 2.24) is 4.98 Å². The van der Waals surface area contributed by atoms with Crippen molar-refractivity contribution in [1.29, 1.82) is 0 Å². The lowest BCUT2D eigenvalue weighted by molar-refractivity contribution is 0.0695. The third-order valence-electron chi connectivity index (χ3n) is 3.42. The Morgan fingerprint density at radius 3 is 2.28 bits per heavy atom. The number of pyridine rings is 1. The zero-order valence-corrected chi connectivity index (χ0v) is 13.1. The fourth-order valence-corrected chi connectivity index (χ4v) is 2.36. The molecule has 0 unspecified atom stereocenters. The van der Waals surface area contributed by atoms with Crippen LogP contribution in [0.5, 0.6) is 0 Å². The number of carboxylic acid groups (broad SMARTS) is 2. The van der Waals surface area contributed by atoms with Crippen LogP contribution in [0, 0.1) is 0 Å². The van der Waals surface area contributed by atoms with E-state index in [9.17, 15) is 24.6 Å². The minimum atomic E-state index is -1.54. The van der Waals surface area contributed by atoms with E-state index in [2.05, 4.69) is 11.6 Å². The average molecular weight is 344 g/mol. The first kappa shape index (κ1) is 18.0. The van der Waals surface area contributed by atoms with E-state index in [0.717, 1.165) is 5.56 Å². The Hall–Kier alpha value is -3.39. The third-order valence-corrected chi connectivity index (χ3v) is 3.42. The zero-order chi connectivity index (χ0) is 18.6. The second-order valence-electron chi connectivity index (χ2n) is 5.10. The number of nitrogens with one attached hydrogen (secondary N) is 1. The van der Waals surface area contributed by atoms with E-state index in [1.165, 1.54) is 12.1 Å². The highest BCUT2D eigenvalue weighted by Gasteiger charge is 2.26. The average Bonchev–Trinajstić information content (AvgIpc) is 2.54. The fourth-order valence-electron chi connectivity index (χ4n) is 2.36. The van der Waals surface area contributed by atoms with Gasteiger partial charge in [0.05, 0.1) is 13.2 Å². The molecular weight excluding hydrogens is 328 g/mol. The van der Waals surface area contributed by atoms with Crippen molar-refractivity contribution in [3.63, 3.8) is 0 Å². The number of hydrogen-bond acceptors (Lipinski definition) is 5. The van der Waals surface area contributed by atoms with Crippen LogP contribution in [0.2, 0.25) is 0 Å². The van der Waals surface area contributed by atoms with E-state index >= 15 is 0 Å². The topological polar surface area (TPSA) is 143 Å². The lowest BCUT2D eigenvalue weighted by atomic mass is 9.95. The number of aromatic nitrogens is 1. The largest absolute Gasteiger partial charge is 0.478 e. The van der Waals surface area contributed by atoms with Gasteiger partial charge in [0.2, 0.25) is 0 Å². The summed E-state index contributed by atoms with van der Waals surface area (Å²) in [7, 11) is 0. The van der Waals surface area contributed by atoms with Gasteiger partial charge in [-0.3, -0.25) is 4.79 Å². The first-order valence-corrected chi connectivity index (χ1v) is 7.17. The SMILES string of the molecule is C=CCOCc1ccc(-c2c(C(=O)O)c(N)[nH]c(=O)c2C(=O)O)cc1. The molecule has 0 aliphatic carbocycles. The van der Waals surface area contributed by atoms with Gasteiger partial charge >= 0.3 is 11.9 Å². The number of hydrogen-bond donors (Lipinski definition) is 4. The summed E-state index contributed by atoms with van der Waals surface area (Å²) in [6, 6.07) is 6.32. The van der Waals surface area contributed by atoms with Gasteiger partial charge < -0.3 is 25.7 Å². The molecule has 8 heteroatoms. The van der Waals surface area contributed by atoms with Crippen molar-refractivity contribution in [2.75, 3.05) is 12.3 Å². The molecular formula is C17H16N2O6. The van der Waals surface area contributed by atoms with E-state index in [1.807, 2.05) is 0 Å². The Kier molecular flexibility index (Phi) is 5.35. The van der Waals surface area contributed by atoms with Gasteiger partial charge in [-0.2, -0.15) is 0 Å². The standard InChI is InChI=1S/C17H16N2O6/c1-2-7-25-8-9-3-5-10(6-4-9)11-12(16(21)22)14(18)19-15(20)13(11)17(23)24/h2-6H,1,7-8H2,(H,21,22)(H,23,24)(H3,18,19,20). The third kappa shape index (κ3) is 3.75. The van der Waals surface area contributed by atoms with Crippen molar-refractivity contribution < 1.29 is 24.5 Å². The van der Waals surface area contributed by atoms with E-state index in [1.54, 1.807) is 18.2 Å². The molecule has 0 spiro atoms. The predicted molar refractivity (Wildman–Crippen MR) is 90.7 cm³/mol. The quantitative estimate of drug-likeness (QED) is 0.442. The first-order chi connectivity index (χ1) is 11.9. The summed E-state index contributed by atoms with van der Waals surface area (Å²) >= 11 is 0. The summed E-state index contributed by atoms with van der Waals surface area (Å²) in [5.41, 5.74) is 4.27. The molecule has 0 radical (unpaired) electrons. The molecule has 5 N–H and O–H groups in total. The van der Waals surface area contributed by atoms with Crippen LogP contribution in [0.25, 0.3) is 11.1 Å². The van der Waals surface area contributed by atoms with Crippen molar-refractivity contribution in [3.05, 3.63) is 64.0 Å². The van der Waals surface area contributed by atoms with E-state index in [-0.39, 0.29) is 11.1 Å². The highest BCUT2D eigenvalue weighted by Crippen LogP contribution is 2.29. The van der Waals surface area contributed by atoms with Gasteiger partial charge in [0.25, 0.3) is 5.56 Å². The van der Waals surface area contributed by atoms with Gasteiger partial charge in [0, 0.05) is 5.56 Å².